The van der Waals surface area contributed by atoms with Crippen LogP contribution in [0.5, 0.6) is 0 Å². The Morgan fingerprint density at radius 3 is 2.84 bits per heavy atom. The van der Waals surface area contributed by atoms with E-state index >= 15 is 0 Å². The van der Waals surface area contributed by atoms with E-state index in [9.17, 15) is 13.6 Å². The van der Waals surface area contributed by atoms with Gasteiger partial charge in [0.1, 0.15) is 11.3 Å². The van der Waals surface area contributed by atoms with Gasteiger partial charge in [-0.05, 0) is 42.2 Å². The minimum absolute atomic E-state index is 0.0407. The molecule has 6 nitrogen and oxygen atoms in total. The molecular formula is C23H21F2N5O. The van der Waals surface area contributed by atoms with Crippen molar-refractivity contribution in [2.45, 2.75) is 32.2 Å². The quantitative estimate of drug-likeness (QED) is 0.503. The van der Waals surface area contributed by atoms with E-state index in [1.165, 1.54) is 0 Å². The van der Waals surface area contributed by atoms with Crippen LogP contribution in [0.1, 0.15) is 28.9 Å². The first-order valence-electron chi connectivity index (χ1n) is 10.1. The fourth-order valence-corrected chi connectivity index (χ4v) is 4.01. The van der Waals surface area contributed by atoms with Gasteiger partial charge in [-0.3, -0.25) is 13.9 Å². The zero-order chi connectivity index (χ0) is 21.6. The normalized spacial score (nSPS) is 15.7. The highest BCUT2D eigenvalue weighted by atomic mass is 19.3. The predicted octanol–water partition coefficient (Wildman–Crippen LogP) is 4.80. The third kappa shape index (κ3) is 3.81. The lowest BCUT2D eigenvalue weighted by Crippen LogP contribution is -2.37. The lowest BCUT2D eigenvalue weighted by atomic mass is 9.81. The largest absolute Gasteiger partial charge is 0.320 e. The van der Waals surface area contributed by atoms with Gasteiger partial charge < -0.3 is 5.32 Å². The van der Waals surface area contributed by atoms with E-state index in [1.54, 1.807) is 27.7 Å². The molecule has 1 amide bonds. The summed E-state index contributed by atoms with van der Waals surface area (Å²) in [6.07, 6.45) is 6.78. The third-order valence-corrected chi connectivity index (χ3v) is 5.72. The number of pyridine rings is 1. The van der Waals surface area contributed by atoms with Crippen LogP contribution in [0.4, 0.5) is 14.5 Å². The fourth-order valence-electron chi connectivity index (χ4n) is 4.01. The number of hydrogen-bond acceptors (Lipinski definition) is 3. The molecule has 3 heterocycles. The van der Waals surface area contributed by atoms with Crippen LogP contribution in [0, 0.1) is 12.8 Å². The van der Waals surface area contributed by atoms with E-state index < -0.39 is 5.92 Å². The van der Waals surface area contributed by atoms with Crippen molar-refractivity contribution in [2.75, 3.05) is 5.32 Å². The first-order valence-corrected chi connectivity index (χ1v) is 10.1. The van der Waals surface area contributed by atoms with E-state index in [1.807, 2.05) is 49.5 Å². The van der Waals surface area contributed by atoms with E-state index in [-0.39, 0.29) is 24.7 Å². The molecule has 4 aromatic rings. The number of carbonyl (C=O) groups is 1. The SMILES string of the molecule is Cc1ccc(-c2cnn(CC3CC(F)(F)C3)c2)cc1NC(=O)c1cnc2ccccn12. The van der Waals surface area contributed by atoms with Crippen LogP contribution in [-0.4, -0.2) is 31.0 Å². The average molecular weight is 421 g/mol. The molecule has 1 aliphatic rings. The zero-order valence-corrected chi connectivity index (χ0v) is 16.9. The second kappa shape index (κ2) is 7.30. The Bertz CT molecular complexity index is 1270. The Morgan fingerprint density at radius 1 is 1.19 bits per heavy atom. The maximum Gasteiger partial charge on any atom is 0.274 e. The lowest BCUT2D eigenvalue weighted by Gasteiger charge is -2.34. The molecule has 3 aromatic heterocycles. The molecule has 0 saturated heterocycles. The van der Waals surface area contributed by atoms with Crippen molar-refractivity contribution in [1.29, 1.82) is 0 Å². The summed E-state index contributed by atoms with van der Waals surface area (Å²) in [5.74, 6) is -2.81. The summed E-state index contributed by atoms with van der Waals surface area (Å²) < 4.78 is 29.6. The average Bonchev–Trinajstić information content (AvgIpc) is 3.35. The number of hydrogen-bond donors (Lipinski definition) is 1. The van der Waals surface area contributed by atoms with Gasteiger partial charge in [0.15, 0.2) is 0 Å². The van der Waals surface area contributed by atoms with E-state index in [0.717, 1.165) is 16.7 Å². The molecule has 0 spiro atoms. The van der Waals surface area contributed by atoms with Gasteiger partial charge in [-0.25, -0.2) is 13.8 Å². The van der Waals surface area contributed by atoms with E-state index in [2.05, 4.69) is 15.4 Å². The number of imidazole rings is 1. The number of alkyl halides is 2. The summed E-state index contributed by atoms with van der Waals surface area (Å²) in [4.78, 5) is 17.1. The van der Waals surface area contributed by atoms with Crippen molar-refractivity contribution < 1.29 is 13.6 Å². The van der Waals surface area contributed by atoms with Crippen molar-refractivity contribution in [3.05, 3.63) is 72.4 Å². The maximum absolute atomic E-state index is 13.1. The van der Waals surface area contributed by atoms with Crippen LogP contribution in [0.2, 0.25) is 0 Å². The molecule has 0 aliphatic heterocycles. The monoisotopic (exact) mass is 421 g/mol. The molecule has 1 saturated carbocycles. The summed E-state index contributed by atoms with van der Waals surface area (Å²) in [5, 5.41) is 7.29. The van der Waals surface area contributed by atoms with Crippen molar-refractivity contribution >= 4 is 17.2 Å². The van der Waals surface area contributed by atoms with Gasteiger partial charge in [0, 0.05) is 43.0 Å². The van der Waals surface area contributed by atoms with Crippen molar-refractivity contribution in [1.82, 2.24) is 19.2 Å². The topological polar surface area (TPSA) is 64.2 Å². The van der Waals surface area contributed by atoms with Crippen LogP contribution < -0.4 is 5.32 Å². The Balaban J connectivity index is 1.34. The first kappa shape index (κ1) is 19.4. The molecule has 0 radical (unpaired) electrons. The molecule has 8 heteroatoms. The number of amides is 1. The summed E-state index contributed by atoms with van der Waals surface area (Å²) in [7, 11) is 0. The minimum Gasteiger partial charge on any atom is -0.320 e. The molecule has 1 aliphatic carbocycles. The van der Waals surface area contributed by atoms with Gasteiger partial charge in [-0.15, -0.1) is 0 Å². The summed E-state index contributed by atoms with van der Waals surface area (Å²) in [6.45, 7) is 2.41. The lowest BCUT2D eigenvalue weighted by molar-refractivity contribution is -0.114. The number of nitrogens with one attached hydrogen (secondary N) is 1. The summed E-state index contributed by atoms with van der Waals surface area (Å²) in [5.41, 5.74) is 4.54. The highest BCUT2D eigenvalue weighted by Gasteiger charge is 2.45. The van der Waals surface area contributed by atoms with Crippen molar-refractivity contribution in [3.8, 4) is 11.1 Å². The van der Waals surface area contributed by atoms with Crippen LogP contribution in [0.15, 0.2) is 61.2 Å². The van der Waals surface area contributed by atoms with Gasteiger partial charge in [0.2, 0.25) is 5.92 Å². The van der Waals surface area contributed by atoms with Gasteiger partial charge in [-0.2, -0.15) is 5.10 Å². The highest BCUT2D eigenvalue weighted by molar-refractivity contribution is 6.04. The Morgan fingerprint density at radius 2 is 2.03 bits per heavy atom. The second-order valence-electron chi connectivity index (χ2n) is 8.14. The number of rotatable bonds is 5. The van der Waals surface area contributed by atoms with Gasteiger partial charge in [0.05, 0.1) is 12.4 Å². The number of aryl methyl sites for hydroxylation is 1. The van der Waals surface area contributed by atoms with Gasteiger partial charge in [-0.1, -0.05) is 18.2 Å². The van der Waals surface area contributed by atoms with Gasteiger partial charge >= 0.3 is 0 Å². The Labute approximate surface area is 177 Å². The van der Waals surface area contributed by atoms with Crippen LogP contribution in [-0.2, 0) is 6.54 Å². The first-order chi connectivity index (χ1) is 14.9. The second-order valence-corrected chi connectivity index (χ2v) is 8.14. The molecule has 0 atom stereocenters. The molecular weight excluding hydrogens is 400 g/mol. The third-order valence-electron chi connectivity index (χ3n) is 5.72. The maximum atomic E-state index is 13.1. The van der Waals surface area contributed by atoms with Crippen LogP contribution >= 0.6 is 0 Å². The van der Waals surface area contributed by atoms with Crippen LogP contribution in [0.25, 0.3) is 16.8 Å². The smallest absolute Gasteiger partial charge is 0.274 e. The van der Waals surface area contributed by atoms with Crippen molar-refractivity contribution in [3.63, 3.8) is 0 Å². The fraction of sp³-hybridized carbons (Fsp3) is 0.261. The molecule has 1 aromatic carbocycles. The number of aromatic nitrogens is 4. The number of benzene rings is 1. The zero-order valence-electron chi connectivity index (χ0n) is 16.9. The standard InChI is InChI=1S/C23H21F2N5O/c1-15-5-6-17(18-11-27-29(14-18)13-16-9-23(24,25)10-16)8-19(15)28-22(31)20-12-26-21-4-2-3-7-30(20)21/h2-8,11-12,14,16H,9-10,13H2,1H3,(H,28,31). The molecule has 5 rings (SSSR count). The van der Waals surface area contributed by atoms with Crippen LogP contribution in [0.3, 0.4) is 0 Å². The molecule has 1 N–H and O–H groups in total. The number of fused-ring (bicyclic) bond motifs is 1. The van der Waals surface area contributed by atoms with E-state index in [4.69, 9.17) is 0 Å². The number of carbonyl (C=O) groups excluding carboxylic acids is 1. The Hall–Kier alpha value is -3.55. The van der Waals surface area contributed by atoms with E-state index in [0.29, 0.717) is 23.6 Å². The number of anilines is 1. The summed E-state index contributed by atoms with van der Waals surface area (Å²) in [6, 6.07) is 11.3. The highest BCUT2D eigenvalue weighted by Crippen LogP contribution is 2.43. The molecule has 1 fully saturated rings. The number of nitrogens with zero attached hydrogens (tertiary/aromatic N) is 4. The molecule has 158 valence electrons. The van der Waals surface area contributed by atoms with Crippen molar-refractivity contribution in [2.24, 2.45) is 5.92 Å². The molecule has 0 unspecified atom stereocenters. The minimum atomic E-state index is -2.52. The Kier molecular flexibility index (Phi) is 4.57. The predicted molar refractivity (Wildman–Crippen MR) is 113 cm³/mol. The number of halogens is 2. The molecule has 0 bridgehead atoms. The molecule has 31 heavy (non-hydrogen) atoms. The van der Waals surface area contributed by atoms with Gasteiger partial charge in [0.25, 0.3) is 5.91 Å². The summed E-state index contributed by atoms with van der Waals surface area (Å²) >= 11 is 0.